The van der Waals surface area contributed by atoms with E-state index < -0.39 is 6.10 Å². The van der Waals surface area contributed by atoms with E-state index in [2.05, 4.69) is 15.7 Å². The number of aliphatic hydroxyl groups is 1. The van der Waals surface area contributed by atoms with E-state index in [0.29, 0.717) is 52.8 Å². The Balaban J connectivity index is 1.37. The number of nitrogens with one attached hydrogen (secondary N) is 2. The van der Waals surface area contributed by atoms with Gasteiger partial charge in [0.15, 0.2) is 5.75 Å². The highest BCUT2D eigenvalue weighted by Gasteiger charge is 2.28. The first-order valence-corrected chi connectivity index (χ1v) is 11.3. The molecule has 2 aromatic heterocycles. The van der Waals surface area contributed by atoms with Crippen molar-refractivity contribution < 1.29 is 19.4 Å². The Morgan fingerprint density at radius 3 is 2.76 bits per heavy atom. The van der Waals surface area contributed by atoms with Crippen LogP contribution in [-0.2, 0) is 0 Å². The largest absolute Gasteiger partial charge is 0.455 e. The molecule has 1 atom stereocenters. The first kappa shape index (κ1) is 21.5. The number of hydrogen-bond donors (Lipinski definition) is 3. The predicted molar refractivity (Wildman–Crippen MR) is 123 cm³/mol. The topological polar surface area (TPSA) is 108 Å². The number of carbonyl (C=O) groups is 2. The van der Waals surface area contributed by atoms with Crippen LogP contribution in [0.3, 0.4) is 0 Å². The van der Waals surface area contributed by atoms with E-state index in [1.807, 2.05) is 6.92 Å². The summed E-state index contributed by atoms with van der Waals surface area (Å²) >= 11 is 6.36. The lowest BCUT2D eigenvalue weighted by atomic mass is 10.1. The first-order chi connectivity index (χ1) is 15.9. The lowest BCUT2D eigenvalue weighted by Gasteiger charge is -2.15. The zero-order valence-electron chi connectivity index (χ0n) is 18.0. The molecule has 3 heterocycles. The smallest absolute Gasteiger partial charge is 0.319 e. The zero-order valence-corrected chi connectivity index (χ0v) is 18.8. The summed E-state index contributed by atoms with van der Waals surface area (Å²) < 4.78 is 7.70. The number of halogens is 1. The fourth-order valence-corrected chi connectivity index (χ4v) is 4.20. The Morgan fingerprint density at radius 2 is 2.06 bits per heavy atom. The lowest BCUT2D eigenvalue weighted by Crippen LogP contribution is -2.30. The Bertz CT molecular complexity index is 1240. The molecule has 1 saturated heterocycles. The van der Waals surface area contributed by atoms with Gasteiger partial charge in [0.05, 0.1) is 28.6 Å². The summed E-state index contributed by atoms with van der Waals surface area (Å²) in [5.41, 5.74) is 2.42. The molecule has 33 heavy (non-hydrogen) atoms. The molecule has 1 saturated carbocycles. The van der Waals surface area contributed by atoms with Gasteiger partial charge in [-0.2, -0.15) is 5.10 Å². The van der Waals surface area contributed by atoms with Gasteiger partial charge in [-0.3, -0.25) is 4.79 Å². The van der Waals surface area contributed by atoms with Gasteiger partial charge in [-0.25, -0.2) is 9.31 Å². The molecule has 5 rings (SSSR count). The lowest BCUT2D eigenvalue weighted by molar-refractivity contribution is 0.0764. The predicted octanol–water partition coefficient (Wildman–Crippen LogP) is 3.58. The number of likely N-dealkylation sites (tertiary alicyclic amines) is 1. The molecule has 2 aliphatic rings. The van der Waals surface area contributed by atoms with Gasteiger partial charge < -0.3 is 25.4 Å². The second-order valence-electron chi connectivity index (χ2n) is 8.47. The van der Waals surface area contributed by atoms with Gasteiger partial charge in [-0.05, 0) is 43.9 Å². The zero-order chi connectivity index (χ0) is 23.1. The quantitative estimate of drug-likeness (QED) is 0.529. The van der Waals surface area contributed by atoms with Gasteiger partial charge in [0.25, 0.3) is 5.91 Å². The summed E-state index contributed by atoms with van der Waals surface area (Å²) in [6.07, 6.45) is 5.38. The number of β-amino-alcohol motifs (C(OH)–C–C–N with tert-alkyl or cyclic N) is 1. The third-order valence-electron chi connectivity index (χ3n) is 5.90. The minimum absolute atomic E-state index is 0.136. The molecule has 9 nitrogen and oxygen atoms in total. The molecule has 0 bridgehead atoms. The van der Waals surface area contributed by atoms with Gasteiger partial charge in [0, 0.05) is 37.5 Å². The van der Waals surface area contributed by atoms with E-state index >= 15 is 0 Å². The molecule has 3 amide bonds. The molecule has 3 aromatic rings. The minimum Gasteiger partial charge on any atom is -0.455 e. The molecule has 0 spiro atoms. The van der Waals surface area contributed by atoms with Gasteiger partial charge in [-0.15, -0.1) is 0 Å². The first-order valence-electron chi connectivity index (χ1n) is 10.9. The summed E-state index contributed by atoms with van der Waals surface area (Å²) in [4.78, 5) is 26.6. The number of ether oxygens (including phenoxy) is 1. The number of fused-ring (bicyclic) bond motifs is 1. The molecule has 1 aliphatic carbocycles. The van der Waals surface area contributed by atoms with Crippen molar-refractivity contribution in [1.82, 2.24) is 19.8 Å². The minimum atomic E-state index is -0.481. The van der Waals surface area contributed by atoms with Gasteiger partial charge in [0.2, 0.25) is 0 Å². The van der Waals surface area contributed by atoms with E-state index in [-0.39, 0.29) is 18.0 Å². The monoisotopic (exact) mass is 469 g/mol. The Kier molecular flexibility index (Phi) is 5.59. The summed E-state index contributed by atoms with van der Waals surface area (Å²) in [5, 5.41) is 20.0. The van der Waals surface area contributed by atoms with Crippen molar-refractivity contribution >= 4 is 34.7 Å². The number of anilines is 1. The van der Waals surface area contributed by atoms with E-state index in [1.54, 1.807) is 46.1 Å². The number of carbonyl (C=O) groups excluding carboxylic acids is 2. The molecule has 0 unspecified atom stereocenters. The number of aromatic nitrogens is 2. The van der Waals surface area contributed by atoms with Gasteiger partial charge in [0.1, 0.15) is 11.3 Å². The average Bonchev–Trinajstić information content (AvgIpc) is 3.37. The van der Waals surface area contributed by atoms with Crippen LogP contribution in [0.15, 0.2) is 36.7 Å². The van der Waals surface area contributed by atoms with Crippen LogP contribution in [0, 0.1) is 6.92 Å². The van der Waals surface area contributed by atoms with Crippen LogP contribution in [0.25, 0.3) is 5.52 Å². The molecular formula is C23H24ClN5O4. The number of amides is 3. The number of aryl methyl sites for hydroxylation is 1. The van der Waals surface area contributed by atoms with Crippen molar-refractivity contribution in [1.29, 1.82) is 0 Å². The molecule has 10 heteroatoms. The van der Waals surface area contributed by atoms with E-state index in [9.17, 15) is 14.7 Å². The third kappa shape index (κ3) is 4.46. The van der Waals surface area contributed by atoms with Crippen LogP contribution in [0.2, 0.25) is 5.02 Å². The SMILES string of the molecule is Cc1c(C(=O)N2CC[C@@H](O)C2)cn2nccc(Oc3ccc(NC(=O)NC4CC4)c(Cl)c3)c12. The maximum absolute atomic E-state index is 13.0. The Labute approximate surface area is 195 Å². The Morgan fingerprint density at radius 1 is 1.24 bits per heavy atom. The van der Waals surface area contributed by atoms with Crippen LogP contribution in [-0.4, -0.2) is 56.8 Å². The van der Waals surface area contributed by atoms with Crippen molar-refractivity contribution in [2.24, 2.45) is 0 Å². The summed E-state index contributed by atoms with van der Waals surface area (Å²) in [5.74, 6) is 0.868. The molecule has 1 aromatic carbocycles. The van der Waals surface area contributed by atoms with Crippen LogP contribution in [0.1, 0.15) is 35.2 Å². The van der Waals surface area contributed by atoms with Crippen molar-refractivity contribution in [2.45, 2.75) is 38.3 Å². The van der Waals surface area contributed by atoms with Gasteiger partial charge in [-0.1, -0.05) is 11.6 Å². The molecule has 0 radical (unpaired) electrons. The molecule has 1 aliphatic heterocycles. The van der Waals surface area contributed by atoms with Gasteiger partial charge >= 0.3 is 6.03 Å². The maximum atomic E-state index is 13.0. The summed E-state index contributed by atoms with van der Waals surface area (Å²) in [6, 6.07) is 6.71. The van der Waals surface area contributed by atoms with Crippen molar-refractivity contribution in [3.8, 4) is 11.5 Å². The van der Waals surface area contributed by atoms with Crippen LogP contribution in [0.5, 0.6) is 11.5 Å². The highest BCUT2D eigenvalue weighted by Crippen LogP contribution is 2.34. The van der Waals surface area contributed by atoms with Crippen LogP contribution >= 0.6 is 11.6 Å². The van der Waals surface area contributed by atoms with E-state index in [4.69, 9.17) is 16.3 Å². The Hall–Kier alpha value is -3.30. The number of urea groups is 1. The summed E-state index contributed by atoms with van der Waals surface area (Å²) in [7, 11) is 0. The molecule has 3 N–H and O–H groups in total. The van der Waals surface area contributed by atoms with E-state index in [1.165, 1.54) is 0 Å². The number of benzene rings is 1. The number of aliphatic hydroxyl groups excluding tert-OH is 1. The van der Waals surface area contributed by atoms with E-state index in [0.717, 1.165) is 18.4 Å². The highest BCUT2D eigenvalue weighted by atomic mass is 35.5. The summed E-state index contributed by atoms with van der Waals surface area (Å²) in [6.45, 7) is 2.71. The second-order valence-corrected chi connectivity index (χ2v) is 8.87. The average molecular weight is 470 g/mol. The fourth-order valence-electron chi connectivity index (χ4n) is 3.98. The number of nitrogens with zero attached hydrogens (tertiary/aromatic N) is 3. The van der Waals surface area contributed by atoms with Crippen LogP contribution < -0.4 is 15.4 Å². The fraction of sp³-hybridized carbons (Fsp3) is 0.348. The van der Waals surface area contributed by atoms with Crippen molar-refractivity contribution in [3.63, 3.8) is 0 Å². The molecular weight excluding hydrogens is 446 g/mol. The maximum Gasteiger partial charge on any atom is 0.319 e. The standard InChI is InChI=1S/C23H24ClN5O4/c1-13-17(22(31)28-9-7-15(30)11-28)12-29-21(13)20(6-8-25-29)33-16-4-5-19(18(24)10-16)27-23(32)26-14-2-3-14/h4-6,8,10,12,14-15,30H,2-3,7,9,11H2,1H3,(H2,26,27,32)/t15-/m1/s1. The third-order valence-corrected chi connectivity index (χ3v) is 6.21. The number of rotatable bonds is 5. The number of hydrogen-bond acceptors (Lipinski definition) is 5. The molecule has 2 fully saturated rings. The normalized spacial score (nSPS) is 17.9. The van der Waals surface area contributed by atoms with Crippen molar-refractivity contribution in [2.75, 3.05) is 18.4 Å². The van der Waals surface area contributed by atoms with Crippen LogP contribution in [0.4, 0.5) is 10.5 Å². The van der Waals surface area contributed by atoms with Crippen molar-refractivity contribution in [3.05, 3.63) is 52.8 Å². The second kappa shape index (κ2) is 8.57. The highest BCUT2D eigenvalue weighted by molar-refractivity contribution is 6.33. The molecule has 172 valence electrons.